The minimum Gasteiger partial charge on any atom is -0.481 e. The average molecular weight is 305 g/mol. The summed E-state index contributed by atoms with van der Waals surface area (Å²) in [6.45, 7) is -0.294. The van der Waals surface area contributed by atoms with Gasteiger partial charge in [0.15, 0.2) is 0 Å². The smallest absolute Gasteiger partial charge is 0.329 e. The Morgan fingerprint density at radius 1 is 1.20 bits per heavy atom. The largest absolute Gasteiger partial charge is 0.481 e. The minimum atomic E-state index is -1.44. The lowest BCUT2D eigenvalue weighted by atomic mass is 9.85. The molecule has 0 saturated heterocycles. The van der Waals surface area contributed by atoms with Crippen molar-refractivity contribution in [1.29, 1.82) is 0 Å². The van der Waals surface area contributed by atoms with Crippen LogP contribution in [0.3, 0.4) is 0 Å². The highest BCUT2D eigenvalue weighted by Crippen LogP contribution is 2.78. The Hall–Kier alpha value is -1.34. The quantitative estimate of drug-likeness (QED) is 0.551. The molecule has 3 fully saturated rings. The normalized spacial score (nSPS) is 38.5. The van der Waals surface area contributed by atoms with Gasteiger partial charge in [-0.25, -0.2) is 4.79 Å². The van der Waals surface area contributed by atoms with Gasteiger partial charge in [0.1, 0.15) is 5.54 Å². The third-order valence-corrected chi connectivity index (χ3v) is 5.03. The molecule has 4 atom stereocenters. The standard InChI is InChI=1S/C12H16N2O5.ClH/c13-3-5(15)14-12(10(18)19)4-11(1-2-11)7-6(8(7)12)9(16)17;/h6-8H,1-4,13H2,(H,14,15)(H,16,17)(H,18,19);1H/t6-,7?,8?,12?;/m0./s1. The van der Waals surface area contributed by atoms with Crippen molar-refractivity contribution in [3.8, 4) is 0 Å². The van der Waals surface area contributed by atoms with Crippen molar-refractivity contribution >= 4 is 30.3 Å². The summed E-state index contributed by atoms with van der Waals surface area (Å²) < 4.78 is 0. The first-order chi connectivity index (χ1) is 8.88. The van der Waals surface area contributed by atoms with E-state index in [1.54, 1.807) is 0 Å². The van der Waals surface area contributed by atoms with Gasteiger partial charge in [-0.3, -0.25) is 9.59 Å². The maximum Gasteiger partial charge on any atom is 0.329 e. The number of hydrogen-bond acceptors (Lipinski definition) is 4. The molecule has 5 N–H and O–H groups in total. The molecule has 0 bridgehead atoms. The van der Waals surface area contributed by atoms with Crippen LogP contribution in [-0.2, 0) is 14.4 Å². The zero-order valence-electron chi connectivity index (χ0n) is 10.7. The van der Waals surface area contributed by atoms with Gasteiger partial charge in [0, 0.05) is 5.92 Å². The van der Waals surface area contributed by atoms with Gasteiger partial charge in [-0.2, -0.15) is 0 Å². The molecule has 3 unspecified atom stereocenters. The molecule has 3 rings (SSSR count). The number of rotatable bonds is 4. The van der Waals surface area contributed by atoms with Crippen LogP contribution in [0.4, 0.5) is 0 Å². The summed E-state index contributed by atoms with van der Waals surface area (Å²) in [6, 6.07) is 0. The van der Waals surface area contributed by atoms with E-state index in [-0.39, 0.29) is 30.3 Å². The van der Waals surface area contributed by atoms with E-state index in [0.29, 0.717) is 6.42 Å². The van der Waals surface area contributed by atoms with Crippen molar-refractivity contribution in [3.63, 3.8) is 0 Å². The topological polar surface area (TPSA) is 130 Å². The summed E-state index contributed by atoms with van der Waals surface area (Å²) >= 11 is 0. The van der Waals surface area contributed by atoms with Crippen molar-refractivity contribution in [2.24, 2.45) is 28.9 Å². The molecule has 1 amide bonds. The van der Waals surface area contributed by atoms with E-state index >= 15 is 0 Å². The van der Waals surface area contributed by atoms with E-state index < -0.39 is 35.2 Å². The van der Waals surface area contributed by atoms with E-state index in [2.05, 4.69) is 5.32 Å². The van der Waals surface area contributed by atoms with E-state index in [0.717, 1.165) is 12.8 Å². The predicted molar refractivity (Wildman–Crippen MR) is 69.2 cm³/mol. The monoisotopic (exact) mass is 304 g/mol. The Bertz CT molecular complexity index is 492. The van der Waals surface area contributed by atoms with Crippen LogP contribution >= 0.6 is 12.4 Å². The minimum absolute atomic E-state index is 0. The highest BCUT2D eigenvalue weighted by Gasteiger charge is 2.82. The molecule has 0 heterocycles. The molecule has 112 valence electrons. The number of amides is 1. The average Bonchev–Trinajstić information content (AvgIpc) is 3.18. The summed E-state index contributed by atoms with van der Waals surface area (Å²) in [5, 5.41) is 21.2. The van der Waals surface area contributed by atoms with Gasteiger partial charge in [0.25, 0.3) is 0 Å². The van der Waals surface area contributed by atoms with Crippen LogP contribution in [0, 0.1) is 23.2 Å². The molecule has 0 aliphatic heterocycles. The molecule has 0 aromatic carbocycles. The molecule has 0 aromatic rings. The van der Waals surface area contributed by atoms with Gasteiger partial charge in [0.05, 0.1) is 12.5 Å². The Balaban J connectivity index is 0.00000147. The van der Waals surface area contributed by atoms with E-state index in [1.807, 2.05) is 0 Å². The third kappa shape index (κ3) is 1.73. The van der Waals surface area contributed by atoms with E-state index in [9.17, 15) is 24.6 Å². The number of nitrogens with one attached hydrogen (secondary N) is 1. The second kappa shape index (κ2) is 4.33. The van der Waals surface area contributed by atoms with Crippen molar-refractivity contribution in [2.75, 3.05) is 6.54 Å². The fourth-order valence-corrected chi connectivity index (χ4v) is 4.15. The van der Waals surface area contributed by atoms with Gasteiger partial charge >= 0.3 is 11.9 Å². The summed E-state index contributed by atoms with van der Waals surface area (Å²) in [7, 11) is 0. The molecule has 7 nitrogen and oxygen atoms in total. The fourth-order valence-electron chi connectivity index (χ4n) is 4.15. The molecule has 0 aromatic heterocycles. The van der Waals surface area contributed by atoms with Crippen LogP contribution < -0.4 is 11.1 Å². The summed E-state index contributed by atoms with van der Waals surface area (Å²) in [5.74, 6) is -3.91. The molecule has 3 aliphatic rings. The van der Waals surface area contributed by atoms with Crippen molar-refractivity contribution in [3.05, 3.63) is 0 Å². The second-order valence-corrected chi connectivity index (χ2v) is 5.98. The van der Waals surface area contributed by atoms with Gasteiger partial charge in [0.2, 0.25) is 5.91 Å². The lowest BCUT2D eigenvalue weighted by molar-refractivity contribution is -0.150. The highest BCUT2D eigenvalue weighted by atomic mass is 35.5. The Kier molecular flexibility index (Phi) is 3.26. The van der Waals surface area contributed by atoms with Crippen LogP contribution in [-0.4, -0.2) is 40.1 Å². The van der Waals surface area contributed by atoms with Crippen LogP contribution in [0.25, 0.3) is 0 Å². The molecule has 3 saturated carbocycles. The van der Waals surface area contributed by atoms with Crippen molar-refractivity contribution in [1.82, 2.24) is 5.32 Å². The van der Waals surface area contributed by atoms with Crippen LogP contribution in [0.15, 0.2) is 0 Å². The molecule has 20 heavy (non-hydrogen) atoms. The number of hydrogen-bond donors (Lipinski definition) is 4. The molecule has 0 radical (unpaired) electrons. The predicted octanol–water partition coefficient (Wildman–Crippen LogP) is -0.563. The number of fused-ring (bicyclic) bond motifs is 2. The highest BCUT2D eigenvalue weighted by molar-refractivity contribution is 5.91. The first-order valence-electron chi connectivity index (χ1n) is 6.35. The van der Waals surface area contributed by atoms with Gasteiger partial charge in [-0.1, -0.05) is 0 Å². The summed E-state index contributed by atoms with van der Waals surface area (Å²) in [5.41, 5.74) is 3.59. The molecule has 1 spiro atoms. The summed E-state index contributed by atoms with van der Waals surface area (Å²) in [4.78, 5) is 34.4. The van der Waals surface area contributed by atoms with Crippen LogP contribution in [0.1, 0.15) is 19.3 Å². The maximum atomic E-state index is 11.6. The zero-order valence-corrected chi connectivity index (χ0v) is 11.5. The van der Waals surface area contributed by atoms with E-state index in [4.69, 9.17) is 5.73 Å². The fraction of sp³-hybridized carbons (Fsp3) is 0.750. The number of carboxylic acid groups (broad SMARTS) is 2. The van der Waals surface area contributed by atoms with Crippen LogP contribution in [0.2, 0.25) is 0 Å². The lowest BCUT2D eigenvalue weighted by Gasteiger charge is -2.30. The summed E-state index contributed by atoms with van der Waals surface area (Å²) in [6.07, 6.45) is 2.04. The first-order valence-corrected chi connectivity index (χ1v) is 6.35. The number of halogens is 1. The van der Waals surface area contributed by atoms with Gasteiger partial charge < -0.3 is 21.3 Å². The Labute approximate surface area is 121 Å². The van der Waals surface area contributed by atoms with Gasteiger partial charge in [-0.05, 0) is 30.6 Å². The van der Waals surface area contributed by atoms with Gasteiger partial charge in [-0.15, -0.1) is 12.4 Å². The number of carbonyl (C=O) groups is 3. The third-order valence-electron chi connectivity index (χ3n) is 5.03. The Morgan fingerprint density at radius 3 is 2.20 bits per heavy atom. The number of nitrogens with two attached hydrogens (primary N) is 1. The lowest BCUT2D eigenvalue weighted by Crippen LogP contribution is -2.57. The number of aliphatic carboxylic acids is 2. The number of carbonyl (C=O) groups excluding carboxylic acids is 1. The molecular formula is C12H17ClN2O5. The van der Waals surface area contributed by atoms with E-state index in [1.165, 1.54) is 0 Å². The molecule has 3 aliphatic carbocycles. The Morgan fingerprint density at radius 2 is 1.80 bits per heavy atom. The van der Waals surface area contributed by atoms with Crippen LogP contribution in [0.5, 0.6) is 0 Å². The zero-order chi connectivity index (χ0) is 14.0. The first kappa shape index (κ1) is 15.1. The molecular weight excluding hydrogens is 288 g/mol. The van der Waals surface area contributed by atoms with Crippen molar-refractivity contribution in [2.45, 2.75) is 24.8 Å². The SMILES string of the molecule is Cl.NCC(=O)NC1(C(=O)O)CC2(CC2)C2C1[C@H]2C(=O)O. The maximum absolute atomic E-state index is 11.6. The van der Waals surface area contributed by atoms with Crippen molar-refractivity contribution < 1.29 is 24.6 Å². The molecule has 8 heteroatoms. The number of carboxylic acids is 2. The second-order valence-electron chi connectivity index (χ2n) is 5.98.